The van der Waals surface area contributed by atoms with Gasteiger partial charge in [-0.05, 0) is 17.7 Å². The molecule has 3 heteroatoms. The third-order valence-electron chi connectivity index (χ3n) is 1.48. The summed E-state index contributed by atoms with van der Waals surface area (Å²) in [4.78, 5) is 14.7. The number of hydrogen-bond acceptors (Lipinski definition) is 2. The number of hydrogen-bond donors (Lipinski definition) is 1. The Balaban J connectivity index is 2.38. The number of amides is 1. The molecule has 1 N–H and O–H groups in total. The minimum atomic E-state index is -0.0492. The molecular weight excluding hydrogens is 152 g/mol. The summed E-state index contributed by atoms with van der Waals surface area (Å²) in [6, 6.07) is 3.74. The van der Waals surface area contributed by atoms with Crippen molar-refractivity contribution < 1.29 is 4.79 Å². The number of carbonyl (C=O) groups is 1. The van der Waals surface area contributed by atoms with Gasteiger partial charge in [-0.15, -0.1) is 0 Å². The second-order valence-corrected chi connectivity index (χ2v) is 2.36. The van der Waals surface area contributed by atoms with E-state index in [2.05, 4.69) is 10.3 Å². The van der Waals surface area contributed by atoms with Crippen molar-refractivity contribution in [2.24, 2.45) is 0 Å². The van der Waals surface area contributed by atoms with Crippen LogP contribution in [-0.4, -0.2) is 10.9 Å². The molecule has 63 valence electrons. The van der Waals surface area contributed by atoms with Gasteiger partial charge in [0.15, 0.2) is 0 Å². The highest BCUT2D eigenvalue weighted by molar-refractivity contribution is 5.83. The molecule has 1 rings (SSSR count). The van der Waals surface area contributed by atoms with Crippen molar-refractivity contribution in [3.8, 4) is 0 Å². The Labute approximate surface area is 71.8 Å². The molecule has 0 aliphatic rings. The number of nitrogens with one attached hydrogen (secondary N) is 1. The van der Waals surface area contributed by atoms with Gasteiger partial charge in [0.05, 0.1) is 0 Å². The topological polar surface area (TPSA) is 42.0 Å². The van der Waals surface area contributed by atoms with E-state index in [1.54, 1.807) is 19.3 Å². The quantitative estimate of drug-likeness (QED) is 0.720. The fourth-order valence-electron chi connectivity index (χ4n) is 0.792. The highest BCUT2D eigenvalue weighted by atomic mass is 16.1. The molecule has 0 saturated carbocycles. The molecule has 0 bridgehead atoms. The zero-order valence-electron chi connectivity index (χ0n) is 6.95. The van der Waals surface area contributed by atoms with Crippen LogP contribution in [0.25, 0.3) is 0 Å². The summed E-state index contributed by atoms with van der Waals surface area (Å²) in [5.41, 5.74) is 1.06. The molecule has 0 fully saturated rings. The van der Waals surface area contributed by atoms with Gasteiger partial charge in [0.1, 0.15) is 0 Å². The molecule has 0 aliphatic heterocycles. The molecule has 0 aliphatic carbocycles. The fourth-order valence-corrected chi connectivity index (χ4v) is 0.792. The molecule has 0 atom stereocenters. The Morgan fingerprint density at radius 2 is 2.25 bits per heavy atom. The Morgan fingerprint density at radius 3 is 2.83 bits per heavy atom. The van der Waals surface area contributed by atoms with E-state index in [0.717, 1.165) is 5.56 Å². The monoisotopic (exact) mass is 163 g/mol. The van der Waals surface area contributed by atoms with E-state index < -0.39 is 0 Å². The van der Waals surface area contributed by atoms with Crippen molar-refractivity contribution in [1.82, 2.24) is 10.3 Å². The van der Waals surface area contributed by atoms with Gasteiger partial charge in [0.25, 0.3) is 0 Å². The molecule has 0 saturated heterocycles. The van der Waals surface area contributed by atoms with Crippen LogP contribution in [0.5, 0.6) is 0 Å². The second-order valence-electron chi connectivity index (χ2n) is 2.36. The van der Waals surface area contributed by atoms with Crippen LogP contribution >= 0.6 is 0 Å². The lowest BCUT2D eigenvalue weighted by Crippen LogP contribution is -2.21. The van der Waals surface area contributed by atoms with Crippen LogP contribution in [-0.2, 0) is 11.3 Å². The Bertz CT molecular complexity index is 246. The highest BCUT2D eigenvalue weighted by Gasteiger charge is 1.95. The maximum absolute atomic E-state index is 10.8. The predicted molar refractivity (Wildman–Crippen MR) is 46.1 cm³/mol. The zero-order valence-corrected chi connectivity index (χ0v) is 6.95. The lowest BCUT2D eigenvalue weighted by Gasteiger charge is -2.01. The largest absolute Gasteiger partial charge is 0.352 e. The molecule has 1 heterocycles. The van der Waals surface area contributed by atoms with E-state index in [4.69, 9.17) is 0 Å². The maximum Gasteiger partial charge on any atom is 0.223 e. The summed E-state index contributed by atoms with van der Waals surface area (Å²) < 4.78 is 0. The standard InChI is InChI=1S/C9H11N2O/c1-2-9(12)11-7-8-3-5-10-6-4-8/h2-6H,7H2,1H3,(H,11,12). The number of nitrogens with zero attached hydrogens (tertiary/aromatic N) is 1. The zero-order chi connectivity index (χ0) is 8.81. The summed E-state index contributed by atoms with van der Waals surface area (Å²) in [6.45, 7) is 2.27. The van der Waals surface area contributed by atoms with Crippen LogP contribution in [0.1, 0.15) is 12.5 Å². The number of rotatable bonds is 3. The summed E-state index contributed by atoms with van der Waals surface area (Å²) in [5.74, 6) is -0.0492. The molecule has 0 aromatic carbocycles. The first kappa shape index (κ1) is 8.71. The van der Waals surface area contributed by atoms with E-state index in [-0.39, 0.29) is 5.91 Å². The van der Waals surface area contributed by atoms with Crippen molar-refractivity contribution in [3.63, 3.8) is 0 Å². The van der Waals surface area contributed by atoms with Crippen molar-refractivity contribution >= 4 is 5.91 Å². The molecule has 1 radical (unpaired) electrons. The summed E-state index contributed by atoms with van der Waals surface area (Å²) in [6.07, 6.45) is 4.91. The summed E-state index contributed by atoms with van der Waals surface area (Å²) >= 11 is 0. The van der Waals surface area contributed by atoms with E-state index >= 15 is 0 Å². The third kappa shape index (κ3) is 2.70. The fraction of sp³-hybridized carbons (Fsp3) is 0.222. The Hall–Kier alpha value is -1.38. The average molecular weight is 163 g/mol. The van der Waals surface area contributed by atoms with E-state index in [1.165, 1.54) is 6.42 Å². The highest BCUT2D eigenvalue weighted by Crippen LogP contribution is 1.94. The third-order valence-corrected chi connectivity index (χ3v) is 1.48. The van der Waals surface area contributed by atoms with Gasteiger partial charge in [0, 0.05) is 25.4 Å². The number of aromatic nitrogens is 1. The van der Waals surface area contributed by atoms with Crippen molar-refractivity contribution in [2.75, 3.05) is 0 Å². The molecule has 12 heavy (non-hydrogen) atoms. The van der Waals surface area contributed by atoms with Crippen molar-refractivity contribution in [3.05, 3.63) is 36.5 Å². The van der Waals surface area contributed by atoms with Crippen LogP contribution in [0.2, 0.25) is 0 Å². The van der Waals surface area contributed by atoms with Crippen LogP contribution in [0.4, 0.5) is 0 Å². The van der Waals surface area contributed by atoms with E-state index in [9.17, 15) is 4.79 Å². The Kier molecular flexibility index (Phi) is 3.26. The molecule has 0 spiro atoms. The molecular formula is C9H11N2O. The van der Waals surface area contributed by atoms with Gasteiger partial charge >= 0.3 is 0 Å². The minimum Gasteiger partial charge on any atom is -0.352 e. The predicted octanol–water partition coefficient (Wildman–Crippen LogP) is 0.922. The SMILES string of the molecule is C[CH]C(=O)NCc1ccncc1. The van der Waals surface area contributed by atoms with Crippen LogP contribution < -0.4 is 5.32 Å². The van der Waals surface area contributed by atoms with E-state index in [1.807, 2.05) is 12.1 Å². The van der Waals surface area contributed by atoms with Crippen LogP contribution in [0, 0.1) is 6.42 Å². The van der Waals surface area contributed by atoms with Crippen molar-refractivity contribution in [2.45, 2.75) is 13.5 Å². The number of carbonyl (C=O) groups excluding carboxylic acids is 1. The molecule has 1 amide bonds. The summed E-state index contributed by atoms with van der Waals surface area (Å²) in [5, 5.41) is 2.73. The minimum absolute atomic E-state index is 0.0492. The first-order valence-corrected chi connectivity index (χ1v) is 3.79. The van der Waals surface area contributed by atoms with Crippen LogP contribution in [0.15, 0.2) is 24.5 Å². The van der Waals surface area contributed by atoms with Gasteiger partial charge in [0.2, 0.25) is 5.91 Å². The second kappa shape index (κ2) is 4.49. The molecule has 1 aromatic rings. The lowest BCUT2D eigenvalue weighted by atomic mass is 10.2. The Morgan fingerprint density at radius 1 is 1.58 bits per heavy atom. The lowest BCUT2D eigenvalue weighted by molar-refractivity contribution is -0.117. The van der Waals surface area contributed by atoms with Gasteiger partial charge in [-0.3, -0.25) is 9.78 Å². The first-order chi connectivity index (χ1) is 5.83. The first-order valence-electron chi connectivity index (χ1n) is 3.79. The van der Waals surface area contributed by atoms with Crippen LogP contribution in [0.3, 0.4) is 0 Å². The van der Waals surface area contributed by atoms with Gasteiger partial charge in [-0.1, -0.05) is 6.92 Å². The summed E-state index contributed by atoms with van der Waals surface area (Å²) in [7, 11) is 0. The molecule has 1 aromatic heterocycles. The smallest absolute Gasteiger partial charge is 0.223 e. The van der Waals surface area contributed by atoms with Gasteiger partial charge in [-0.2, -0.15) is 0 Å². The maximum atomic E-state index is 10.8. The molecule has 3 nitrogen and oxygen atoms in total. The average Bonchev–Trinajstić information content (AvgIpc) is 2.16. The normalized spacial score (nSPS) is 9.42. The van der Waals surface area contributed by atoms with Gasteiger partial charge in [-0.25, -0.2) is 0 Å². The number of pyridine rings is 1. The molecule has 0 unspecified atom stereocenters. The van der Waals surface area contributed by atoms with Gasteiger partial charge < -0.3 is 5.32 Å². The van der Waals surface area contributed by atoms with E-state index in [0.29, 0.717) is 6.54 Å². The van der Waals surface area contributed by atoms with Crippen molar-refractivity contribution in [1.29, 1.82) is 0 Å².